The van der Waals surface area contributed by atoms with E-state index < -0.39 is 11.9 Å². The van der Waals surface area contributed by atoms with Crippen molar-refractivity contribution >= 4 is 58.4 Å². The zero-order chi connectivity index (χ0) is 28.7. The molecule has 3 aliphatic rings. The highest BCUT2D eigenvalue weighted by molar-refractivity contribution is 7.08. The SMILES string of the molecule is O=C1CCC(N2Cc3c(C#CC4CCN(C(=O)c5cc(-c6ccc(Cl)c(Cl)c6)ns5)CC4)cccc3C2=O)C(=O)N1. The molecule has 1 atom stereocenters. The van der Waals surface area contributed by atoms with Gasteiger partial charge in [0.05, 0.1) is 15.7 Å². The standard InChI is InChI=1S/C30H24Cl2N4O4S/c31-22-7-6-19(14-23(22)32)24-15-26(41-34-24)30(40)35-12-10-17(11-13-35)4-5-18-2-1-3-20-21(18)16-36(29(20)39)25-8-9-27(37)33-28(25)38/h1-3,6-7,14-15,17,25H,8-13,16H2,(H,33,37,38). The van der Waals surface area contributed by atoms with Crippen LogP contribution in [0.1, 0.15) is 56.8 Å². The van der Waals surface area contributed by atoms with Crippen LogP contribution in [-0.4, -0.2) is 56.9 Å². The van der Waals surface area contributed by atoms with Gasteiger partial charge < -0.3 is 9.80 Å². The summed E-state index contributed by atoms with van der Waals surface area (Å²) in [7, 11) is 0. The lowest BCUT2D eigenvalue weighted by Gasteiger charge is -2.29. The van der Waals surface area contributed by atoms with Crippen molar-refractivity contribution < 1.29 is 19.2 Å². The fourth-order valence-electron chi connectivity index (χ4n) is 5.43. The average molecular weight is 608 g/mol. The molecule has 3 aliphatic heterocycles. The van der Waals surface area contributed by atoms with Crippen LogP contribution < -0.4 is 5.32 Å². The number of imide groups is 1. The molecular weight excluding hydrogens is 583 g/mol. The van der Waals surface area contributed by atoms with Crippen molar-refractivity contribution in [2.24, 2.45) is 5.92 Å². The summed E-state index contributed by atoms with van der Waals surface area (Å²) in [6.45, 7) is 1.47. The number of carbonyl (C=O) groups excluding carboxylic acids is 4. The minimum atomic E-state index is -0.658. The number of amides is 4. The number of halogens is 2. The Balaban J connectivity index is 1.09. The van der Waals surface area contributed by atoms with Crippen LogP contribution in [0, 0.1) is 17.8 Å². The molecule has 3 aromatic rings. The van der Waals surface area contributed by atoms with E-state index in [4.69, 9.17) is 23.2 Å². The number of aromatic nitrogens is 1. The average Bonchev–Trinajstić information content (AvgIpc) is 3.59. The van der Waals surface area contributed by atoms with Gasteiger partial charge in [-0.2, -0.15) is 4.37 Å². The maximum atomic E-state index is 13.1. The summed E-state index contributed by atoms with van der Waals surface area (Å²) in [6.07, 6.45) is 2.02. The molecule has 1 aromatic heterocycles. The van der Waals surface area contributed by atoms with Gasteiger partial charge in [0.15, 0.2) is 0 Å². The molecule has 2 saturated heterocycles. The number of likely N-dealkylation sites (tertiary alicyclic amines) is 1. The number of nitrogens with zero attached hydrogens (tertiary/aromatic N) is 3. The zero-order valence-electron chi connectivity index (χ0n) is 21.8. The van der Waals surface area contributed by atoms with Crippen molar-refractivity contribution in [3.05, 3.63) is 74.1 Å². The molecule has 4 heterocycles. The Hall–Kier alpha value is -3.71. The van der Waals surface area contributed by atoms with Crippen LogP contribution >= 0.6 is 34.7 Å². The molecule has 8 nitrogen and oxygen atoms in total. The fourth-order valence-corrected chi connectivity index (χ4v) is 6.46. The predicted octanol–water partition coefficient (Wildman–Crippen LogP) is 4.78. The van der Waals surface area contributed by atoms with E-state index in [0.29, 0.717) is 45.7 Å². The van der Waals surface area contributed by atoms with Crippen molar-refractivity contribution in [3.8, 4) is 23.1 Å². The number of hydrogen-bond acceptors (Lipinski definition) is 6. The monoisotopic (exact) mass is 606 g/mol. The molecule has 1 unspecified atom stereocenters. The summed E-state index contributed by atoms with van der Waals surface area (Å²) < 4.78 is 4.43. The molecule has 2 fully saturated rings. The van der Waals surface area contributed by atoms with E-state index in [2.05, 4.69) is 21.5 Å². The fraction of sp³-hybridized carbons (Fsp3) is 0.300. The molecule has 0 bridgehead atoms. The summed E-state index contributed by atoms with van der Waals surface area (Å²) in [6, 6.07) is 11.8. The first-order chi connectivity index (χ1) is 19.8. The minimum Gasteiger partial charge on any atom is -0.338 e. The molecule has 1 N–H and O–H groups in total. The third-order valence-electron chi connectivity index (χ3n) is 7.71. The first-order valence-electron chi connectivity index (χ1n) is 13.3. The second kappa shape index (κ2) is 11.3. The van der Waals surface area contributed by atoms with Crippen LogP contribution in [0.3, 0.4) is 0 Å². The summed E-state index contributed by atoms with van der Waals surface area (Å²) in [5, 5.41) is 3.23. The highest BCUT2D eigenvalue weighted by atomic mass is 35.5. The van der Waals surface area contributed by atoms with Crippen molar-refractivity contribution in [3.63, 3.8) is 0 Å². The van der Waals surface area contributed by atoms with E-state index in [-0.39, 0.29) is 36.6 Å². The van der Waals surface area contributed by atoms with Gasteiger partial charge in [-0.3, -0.25) is 24.5 Å². The van der Waals surface area contributed by atoms with Gasteiger partial charge in [0.1, 0.15) is 10.9 Å². The maximum absolute atomic E-state index is 13.1. The van der Waals surface area contributed by atoms with Crippen molar-refractivity contribution in [2.45, 2.75) is 38.3 Å². The van der Waals surface area contributed by atoms with Gasteiger partial charge in [0, 0.05) is 48.7 Å². The lowest BCUT2D eigenvalue weighted by molar-refractivity contribution is -0.136. The first-order valence-corrected chi connectivity index (χ1v) is 14.8. The quantitative estimate of drug-likeness (QED) is 0.341. The lowest BCUT2D eigenvalue weighted by Crippen LogP contribution is -2.52. The van der Waals surface area contributed by atoms with Crippen LogP contribution in [0.15, 0.2) is 42.5 Å². The molecule has 208 valence electrons. The van der Waals surface area contributed by atoms with E-state index in [1.807, 2.05) is 17.0 Å². The molecule has 0 saturated carbocycles. The number of benzene rings is 2. The zero-order valence-corrected chi connectivity index (χ0v) is 24.1. The Morgan fingerprint density at radius 1 is 1.02 bits per heavy atom. The maximum Gasteiger partial charge on any atom is 0.265 e. The van der Waals surface area contributed by atoms with Gasteiger partial charge in [0.2, 0.25) is 11.8 Å². The van der Waals surface area contributed by atoms with E-state index in [9.17, 15) is 19.2 Å². The second-order valence-electron chi connectivity index (χ2n) is 10.3. The summed E-state index contributed by atoms with van der Waals surface area (Å²) in [5.41, 5.74) is 3.61. The third kappa shape index (κ3) is 5.47. The Morgan fingerprint density at radius 2 is 1.83 bits per heavy atom. The topological polar surface area (TPSA) is 99.7 Å². The van der Waals surface area contributed by atoms with E-state index in [1.54, 1.807) is 30.3 Å². The normalized spacial score (nSPS) is 19.1. The molecule has 2 aromatic carbocycles. The molecule has 0 aliphatic carbocycles. The highest BCUT2D eigenvalue weighted by Crippen LogP contribution is 2.31. The molecule has 6 rings (SSSR count). The van der Waals surface area contributed by atoms with Gasteiger partial charge in [-0.05, 0) is 66.7 Å². The van der Waals surface area contributed by atoms with Gasteiger partial charge in [-0.25, -0.2) is 0 Å². The molecule has 41 heavy (non-hydrogen) atoms. The smallest absolute Gasteiger partial charge is 0.265 e. The minimum absolute atomic E-state index is 0.0480. The van der Waals surface area contributed by atoms with Gasteiger partial charge in [0.25, 0.3) is 11.8 Å². The number of hydrogen-bond donors (Lipinski definition) is 1. The Kier molecular flexibility index (Phi) is 7.56. The van der Waals surface area contributed by atoms with Crippen molar-refractivity contribution in [1.82, 2.24) is 19.5 Å². The van der Waals surface area contributed by atoms with E-state index in [1.165, 1.54) is 16.4 Å². The van der Waals surface area contributed by atoms with Gasteiger partial charge in [-0.1, -0.05) is 47.2 Å². The van der Waals surface area contributed by atoms with E-state index >= 15 is 0 Å². The van der Waals surface area contributed by atoms with Crippen LogP contribution in [0.4, 0.5) is 0 Å². The van der Waals surface area contributed by atoms with Gasteiger partial charge >= 0.3 is 0 Å². The lowest BCUT2D eigenvalue weighted by atomic mass is 9.96. The largest absolute Gasteiger partial charge is 0.338 e. The van der Waals surface area contributed by atoms with Crippen LogP contribution in [0.25, 0.3) is 11.3 Å². The third-order valence-corrected chi connectivity index (χ3v) is 9.23. The Labute approximate surface area is 250 Å². The molecule has 0 radical (unpaired) electrons. The number of carbonyl (C=O) groups is 4. The molecule has 0 spiro atoms. The van der Waals surface area contributed by atoms with Crippen LogP contribution in [0.5, 0.6) is 0 Å². The van der Waals surface area contributed by atoms with E-state index in [0.717, 1.165) is 29.5 Å². The van der Waals surface area contributed by atoms with Crippen LogP contribution in [-0.2, 0) is 16.1 Å². The summed E-state index contributed by atoms with van der Waals surface area (Å²) in [4.78, 5) is 54.1. The predicted molar refractivity (Wildman–Crippen MR) is 156 cm³/mol. The highest BCUT2D eigenvalue weighted by Gasteiger charge is 2.39. The summed E-state index contributed by atoms with van der Waals surface area (Å²) >= 11 is 13.3. The van der Waals surface area contributed by atoms with Gasteiger partial charge in [-0.15, -0.1) is 0 Å². The first kappa shape index (κ1) is 27.5. The van der Waals surface area contributed by atoms with Crippen LogP contribution in [0.2, 0.25) is 10.0 Å². The molecule has 11 heteroatoms. The number of piperidine rings is 2. The number of fused-ring (bicyclic) bond motifs is 1. The molecular formula is C30H24Cl2N4O4S. The number of nitrogens with one attached hydrogen (secondary N) is 1. The Morgan fingerprint density at radius 3 is 2.59 bits per heavy atom. The van der Waals surface area contributed by atoms with Crippen molar-refractivity contribution in [2.75, 3.05) is 13.1 Å². The summed E-state index contributed by atoms with van der Waals surface area (Å²) in [5.74, 6) is 5.73. The molecule has 4 amide bonds. The van der Waals surface area contributed by atoms with Crippen molar-refractivity contribution in [1.29, 1.82) is 0 Å². The number of rotatable bonds is 3. The second-order valence-corrected chi connectivity index (χ2v) is 11.9. The Bertz CT molecular complexity index is 1650.